The molecule has 0 saturated carbocycles. The highest BCUT2D eigenvalue weighted by atomic mass is 32.1. The molecule has 4 heteroatoms. The molecule has 0 atom stereocenters. The van der Waals surface area contributed by atoms with Crippen molar-refractivity contribution in [2.75, 3.05) is 11.4 Å². The van der Waals surface area contributed by atoms with Gasteiger partial charge in [-0.2, -0.15) is 0 Å². The quantitative estimate of drug-likeness (QED) is 0.788. The van der Waals surface area contributed by atoms with Gasteiger partial charge in [-0.3, -0.25) is 0 Å². The van der Waals surface area contributed by atoms with Gasteiger partial charge in [0.25, 0.3) is 0 Å². The summed E-state index contributed by atoms with van der Waals surface area (Å²) in [6.45, 7) is 1.87. The predicted molar refractivity (Wildman–Crippen MR) is 86.7 cm³/mol. The van der Waals surface area contributed by atoms with E-state index in [1.165, 1.54) is 10.4 Å². The fourth-order valence-corrected chi connectivity index (χ4v) is 3.88. The Bertz CT molecular complexity index is 796. The second kappa shape index (κ2) is 5.13. The molecular formula is C17H16N2OS. The topological polar surface area (TPSA) is 36.4 Å². The third-order valence-corrected chi connectivity index (χ3v) is 5.07. The second-order valence-corrected chi connectivity index (χ2v) is 6.36. The summed E-state index contributed by atoms with van der Waals surface area (Å²) in [5.74, 6) is 0.994. The van der Waals surface area contributed by atoms with Gasteiger partial charge in [0.2, 0.25) is 0 Å². The van der Waals surface area contributed by atoms with Gasteiger partial charge in [-0.15, -0.1) is 11.3 Å². The number of anilines is 1. The first-order valence-corrected chi connectivity index (χ1v) is 8.03. The molecule has 21 heavy (non-hydrogen) atoms. The summed E-state index contributed by atoms with van der Waals surface area (Å²) >= 11 is 1.85. The maximum atomic E-state index is 9.47. The average Bonchev–Trinajstić information content (AvgIpc) is 3.01. The number of aromatic nitrogens is 1. The van der Waals surface area contributed by atoms with Crippen LogP contribution in [0.15, 0.2) is 41.8 Å². The Balaban J connectivity index is 1.83. The lowest BCUT2D eigenvalue weighted by Gasteiger charge is -2.29. The highest BCUT2D eigenvalue weighted by Crippen LogP contribution is 2.31. The normalized spacial score (nSPS) is 14.4. The molecule has 1 N–H and O–H groups in total. The van der Waals surface area contributed by atoms with Crippen LogP contribution in [0.2, 0.25) is 0 Å². The van der Waals surface area contributed by atoms with Gasteiger partial charge in [-0.1, -0.05) is 24.3 Å². The Kier molecular flexibility index (Phi) is 3.13. The van der Waals surface area contributed by atoms with Crippen molar-refractivity contribution in [1.82, 2.24) is 4.98 Å². The molecule has 1 aliphatic heterocycles. The van der Waals surface area contributed by atoms with Crippen LogP contribution < -0.4 is 4.90 Å². The third kappa shape index (κ3) is 2.20. The summed E-state index contributed by atoms with van der Waals surface area (Å²) in [6.07, 6.45) is 1.08. The first-order chi connectivity index (χ1) is 10.3. The molecule has 0 radical (unpaired) electrons. The number of benzene rings is 1. The van der Waals surface area contributed by atoms with Gasteiger partial charge in [0.1, 0.15) is 5.82 Å². The summed E-state index contributed by atoms with van der Waals surface area (Å²) in [5, 5.41) is 13.9. The zero-order valence-electron chi connectivity index (χ0n) is 11.6. The summed E-state index contributed by atoms with van der Waals surface area (Å²) in [6, 6.07) is 12.5. The van der Waals surface area contributed by atoms with Gasteiger partial charge in [0.05, 0.1) is 12.3 Å². The van der Waals surface area contributed by atoms with Gasteiger partial charge in [-0.05, 0) is 34.9 Å². The van der Waals surface area contributed by atoms with E-state index in [0.29, 0.717) is 0 Å². The molecule has 0 unspecified atom stereocenters. The minimum absolute atomic E-state index is 0.0185. The van der Waals surface area contributed by atoms with E-state index in [1.807, 2.05) is 29.5 Å². The van der Waals surface area contributed by atoms with Gasteiger partial charge in [-0.25, -0.2) is 4.98 Å². The molecule has 0 bridgehead atoms. The van der Waals surface area contributed by atoms with Crippen molar-refractivity contribution in [2.45, 2.75) is 19.6 Å². The fourth-order valence-electron chi connectivity index (χ4n) is 2.99. The Morgan fingerprint density at radius 1 is 1.24 bits per heavy atom. The van der Waals surface area contributed by atoms with Crippen LogP contribution in [0.4, 0.5) is 5.82 Å². The molecule has 0 spiro atoms. The van der Waals surface area contributed by atoms with E-state index in [4.69, 9.17) is 0 Å². The molecule has 1 aliphatic rings. The van der Waals surface area contributed by atoms with Crippen molar-refractivity contribution < 1.29 is 5.11 Å². The summed E-state index contributed by atoms with van der Waals surface area (Å²) in [5.41, 5.74) is 2.14. The summed E-state index contributed by atoms with van der Waals surface area (Å²) < 4.78 is 0. The highest BCUT2D eigenvalue weighted by Gasteiger charge is 2.20. The van der Waals surface area contributed by atoms with Gasteiger partial charge in [0.15, 0.2) is 0 Å². The summed E-state index contributed by atoms with van der Waals surface area (Å²) in [4.78, 5) is 8.50. The van der Waals surface area contributed by atoms with E-state index in [-0.39, 0.29) is 6.61 Å². The van der Waals surface area contributed by atoms with E-state index in [0.717, 1.165) is 41.8 Å². The molecule has 106 valence electrons. The second-order valence-electron chi connectivity index (χ2n) is 5.36. The Hall–Kier alpha value is -1.91. The standard InChI is InChI=1S/C17H16N2OS/c20-11-14-9-12-3-1-2-4-15(12)17(18-14)19-7-5-16-13(10-19)6-8-21-16/h1-4,6,8-9,20H,5,7,10-11H2. The van der Waals surface area contributed by atoms with E-state index in [1.54, 1.807) is 0 Å². The van der Waals surface area contributed by atoms with Crippen LogP contribution in [0, 0.1) is 0 Å². The molecule has 4 rings (SSSR count). The lowest BCUT2D eigenvalue weighted by atomic mass is 10.1. The van der Waals surface area contributed by atoms with Crippen molar-refractivity contribution in [1.29, 1.82) is 0 Å². The third-order valence-electron chi connectivity index (χ3n) is 4.04. The number of nitrogens with zero attached hydrogens (tertiary/aromatic N) is 2. The minimum Gasteiger partial charge on any atom is -0.390 e. The molecule has 0 saturated heterocycles. The van der Waals surface area contributed by atoms with Crippen LogP contribution in [-0.4, -0.2) is 16.6 Å². The number of aliphatic hydroxyl groups is 1. The molecule has 3 heterocycles. The number of hydrogen-bond acceptors (Lipinski definition) is 4. The first kappa shape index (κ1) is 12.8. The summed E-state index contributed by atoms with van der Waals surface area (Å²) in [7, 11) is 0. The monoisotopic (exact) mass is 296 g/mol. The SMILES string of the molecule is OCc1cc2ccccc2c(N2CCc3sccc3C2)n1. The van der Waals surface area contributed by atoms with E-state index in [2.05, 4.69) is 33.5 Å². The molecule has 0 aliphatic carbocycles. The van der Waals surface area contributed by atoms with E-state index in [9.17, 15) is 5.11 Å². The Morgan fingerprint density at radius 2 is 2.14 bits per heavy atom. The maximum absolute atomic E-state index is 9.47. The van der Waals surface area contributed by atoms with Crippen molar-refractivity contribution >= 4 is 27.9 Å². The predicted octanol–water partition coefficient (Wildman–Crippen LogP) is 3.35. The maximum Gasteiger partial charge on any atom is 0.137 e. The highest BCUT2D eigenvalue weighted by molar-refractivity contribution is 7.10. The van der Waals surface area contributed by atoms with Crippen LogP contribution >= 0.6 is 11.3 Å². The van der Waals surface area contributed by atoms with E-state index >= 15 is 0 Å². The fraction of sp³-hybridized carbons (Fsp3) is 0.235. The van der Waals surface area contributed by atoms with Crippen molar-refractivity contribution in [2.24, 2.45) is 0 Å². The Labute approximate surface area is 127 Å². The van der Waals surface area contributed by atoms with Crippen LogP contribution in [0.5, 0.6) is 0 Å². The smallest absolute Gasteiger partial charge is 0.137 e. The van der Waals surface area contributed by atoms with Crippen molar-refractivity contribution in [3.05, 3.63) is 57.9 Å². The molecule has 0 amide bonds. The largest absolute Gasteiger partial charge is 0.390 e. The molecule has 3 aromatic rings. The lowest BCUT2D eigenvalue weighted by Crippen LogP contribution is -2.30. The van der Waals surface area contributed by atoms with Crippen LogP contribution in [0.25, 0.3) is 10.8 Å². The number of hydrogen-bond donors (Lipinski definition) is 1. The average molecular weight is 296 g/mol. The van der Waals surface area contributed by atoms with Crippen molar-refractivity contribution in [3.63, 3.8) is 0 Å². The Morgan fingerprint density at radius 3 is 3.05 bits per heavy atom. The molecule has 2 aromatic heterocycles. The number of fused-ring (bicyclic) bond motifs is 2. The molecular weight excluding hydrogens is 280 g/mol. The van der Waals surface area contributed by atoms with Crippen LogP contribution in [0.3, 0.4) is 0 Å². The van der Waals surface area contributed by atoms with E-state index < -0.39 is 0 Å². The molecule has 0 fully saturated rings. The number of rotatable bonds is 2. The van der Waals surface area contributed by atoms with Crippen molar-refractivity contribution in [3.8, 4) is 0 Å². The van der Waals surface area contributed by atoms with Crippen LogP contribution in [0.1, 0.15) is 16.1 Å². The molecule has 3 nitrogen and oxygen atoms in total. The minimum atomic E-state index is -0.0185. The molecule has 1 aromatic carbocycles. The van der Waals surface area contributed by atoms with Crippen LogP contribution in [-0.2, 0) is 19.6 Å². The zero-order valence-corrected chi connectivity index (χ0v) is 12.4. The lowest BCUT2D eigenvalue weighted by molar-refractivity contribution is 0.277. The zero-order chi connectivity index (χ0) is 14.2. The van der Waals surface area contributed by atoms with Gasteiger partial charge < -0.3 is 10.0 Å². The number of thiophene rings is 1. The van der Waals surface area contributed by atoms with Gasteiger partial charge >= 0.3 is 0 Å². The number of pyridine rings is 1. The van der Waals surface area contributed by atoms with Gasteiger partial charge in [0, 0.05) is 23.4 Å². The first-order valence-electron chi connectivity index (χ1n) is 7.15. The number of aliphatic hydroxyl groups excluding tert-OH is 1.